The topological polar surface area (TPSA) is 62.2 Å². The number of hydrogen-bond acceptors (Lipinski definition) is 3. The average molecular weight is 228 g/mol. The van der Waals surface area contributed by atoms with E-state index in [0.29, 0.717) is 11.3 Å². The number of nitrogens with one attached hydrogen (secondary N) is 1. The number of pyridine rings is 1. The summed E-state index contributed by atoms with van der Waals surface area (Å²) in [6.45, 7) is -0.0758. The molecule has 2 rings (SSSR count). The average Bonchev–Trinajstić information content (AvgIpc) is 2.40. The summed E-state index contributed by atoms with van der Waals surface area (Å²) in [7, 11) is 0. The number of anilines is 1. The molecule has 0 aliphatic heterocycles. The summed E-state index contributed by atoms with van der Waals surface area (Å²) in [4.78, 5) is 15.8. The van der Waals surface area contributed by atoms with E-state index in [0.717, 1.165) is 5.69 Å². The van der Waals surface area contributed by atoms with Gasteiger partial charge in [-0.1, -0.05) is 24.3 Å². The molecular formula is C13H12N2O2. The zero-order valence-corrected chi connectivity index (χ0v) is 9.13. The van der Waals surface area contributed by atoms with Crippen molar-refractivity contribution in [3.63, 3.8) is 0 Å². The van der Waals surface area contributed by atoms with Crippen LogP contribution in [-0.2, 0) is 6.61 Å². The highest BCUT2D eigenvalue weighted by atomic mass is 16.3. The summed E-state index contributed by atoms with van der Waals surface area (Å²) >= 11 is 0. The number of rotatable bonds is 3. The molecule has 0 saturated carbocycles. The summed E-state index contributed by atoms with van der Waals surface area (Å²) in [6, 6.07) is 12.4. The van der Waals surface area contributed by atoms with Crippen LogP contribution in [0.5, 0.6) is 0 Å². The first-order valence-electron chi connectivity index (χ1n) is 5.22. The molecule has 0 aliphatic rings. The molecule has 17 heavy (non-hydrogen) atoms. The second-order valence-corrected chi connectivity index (χ2v) is 3.53. The number of carbonyl (C=O) groups excluding carboxylic acids is 1. The number of aliphatic hydroxyl groups is 1. The van der Waals surface area contributed by atoms with Crippen LogP contribution in [-0.4, -0.2) is 16.0 Å². The third-order valence-corrected chi connectivity index (χ3v) is 2.27. The minimum Gasteiger partial charge on any atom is -0.392 e. The Hall–Kier alpha value is -2.20. The lowest BCUT2D eigenvalue weighted by molar-refractivity contribution is 0.102. The van der Waals surface area contributed by atoms with Gasteiger partial charge in [0.15, 0.2) is 0 Å². The molecule has 1 amide bonds. The fourth-order valence-corrected chi connectivity index (χ4v) is 1.37. The third-order valence-electron chi connectivity index (χ3n) is 2.27. The zero-order chi connectivity index (χ0) is 12.1. The molecular weight excluding hydrogens is 216 g/mol. The van der Waals surface area contributed by atoms with E-state index < -0.39 is 0 Å². The number of aliphatic hydroxyl groups excluding tert-OH is 1. The lowest BCUT2D eigenvalue weighted by Gasteiger charge is -2.04. The molecule has 1 heterocycles. The van der Waals surface area contributed by atoms with Gasteiger partial charge in [0.1, 0.15) is 5.69 Å². The van der Waals surface area contributed by atoms with E-state index in [9.17, 15) is 4.79 Å². The van der Waals surface area contributed by atoms with E-state index in [2.05, 4.69) is 10.3 Å². The Morgan fingerprint density at radius 3 is 2.53 bits per heavy atom. The van der Waals surface area contributed by atoms with Crippen molar-refractivity contribution < 1.29 is 9.90 Å². The number of benzene rings is 1. The van der Waals surface area contributed by atoms with Gasteiger partial charge in [-0.25, -0.2) is 0 Å². The molecule has 0 atom stereocenters. The van der Waals surface area contributed by atoms with Crippen LogP contribution < -0.4 is 5.32 Å². The lowest BCUT2D eigenvalue weighted by atomic mass is 10.2. The summed E-state index contributed by atoms with van der Waals surface area (Å²) in [5.74, 6) is -0.263. The van der Waals surface area contributed by atoms with E-state index in [1.54, 1.807) is 24.3 Å². The van der Waals surface area contributed by atoms with Crippen LogP contribution in [0.1, 0.15) is 16.1 Å². The first-order chi connectivity index (χ1) is 8.29. The number of hydrogen-bond donors (Lipinski definition) is 2. The maximum absolute atomic E-state index is 11.8. The van der Waals surface area contributed by atoms with Gasteiger partial charge < -0.3 is 10.4 Å². The molecule has 0 unspecified atom stereocenters. The fraction of sp³-hybridized carbons (Fsp3) is 0.0769. The molecule has 1 aromatic carbocycles. The minimum atomic E-state index is -0.263. The lowest BCUT2D eigenvalue weighted by Crippen LogP contribution is -2.13. The summed E-state index contributed by atoms with van der Waals surface area (Å²) in [5.41, 5.74) is 1.73. The Bertz CT molecular complexity index is 495. The zero-order valence-electron chi connectivity index (χ0n) is 9.13. The molecule has 1 aromatic heterocycles. The Balaban J connectivity index is 2.09. The molecule has 0 spiro atoms. The number of para-hydroxylation sites is 1. The number of aromatic nitrogens is 1. The quantitative estimate of drug-likeness (QED) is 0.842. The molecule has 86 valence electrons. The van der Waals surface area contributed by atoms with Crippen molar-refractivity contribution in [2.24, 2.45) is 0 Å². The molecule has 2 aromatic rings. The van der Waals surface area contributed by atoms with E-state index in [4.69, 9.17) is 5.11 Å². The van der Waals surface area contributed by atoms with Gasteiger partial charge in [-0.15, -0.1) is 0 Å². The van der Waals surface area contributed by atoms with Gasteiger partial charge in [0.05, 0.1) is 6.61 Å². The van der Waals surface area contributed by atoms with Crippen LogP contribution in [0.4, 0.5) is 5.69 Å². The van der Waals surface area contributed by atoms with Crippen LogP contribution in [0.25, 0.3) is 0 Å². The SMILES string of the molecule is O=C(Nc1ccccc1)c1ccc(CO)cn1. The van der Waals surface area contributed by atoms with Gasteiger partial charge in [0.25, 0.3) is 5.91 Å². The summed E-state index contributed by atoms with van der Waals surface area (Å²) in [6.07, 6.45) is 1.49. The number of nitrogens with zero attached hydrogens (tertiary/aromatic N) is 1. The van der Waals surface area contributed by atoms with Gasteiger partial charge in [0, 0.05) is 11.9 Å². The van der Waals surface area contributed by atoms with E-state index >= 15 is 0 Å². The second-order valence-electron chi connectivity index (χ2n) is 3.53. The fourth-order valence-electron chi connectivity index (χ4n) is 1.37. The van der Waals surface area contributed by atoms with Crippen LogP contribution in [0.2, 0.25) is 0 Å². The maximum atomic E-state index is 11.8. The smallest absolute Gasteiger partial charge is 0.274 e. The van der Waals surface area contributed by atoms with Crippen LogP contribution in [0.15, 0.2) is 48.7 Å². The highest BCUT2D eigenvalue weighted by molar-refractivity contribution is 6.02. The van der Waals surface area contributed by atoms with Crippen molar-refractivity contribution in [1.82, 2.24) is 4.98 Å². The van der Waals surface area contributed by atoms with E-state index in [-0.39, 0.29) is 12.5 Å². The van der Waals surface area contributed by atoms with Gasteiger partial charge in [-0.3, -0.25) is 9.78 Å². The predicted octanol–water partition coefficient (Wildman–Crippen LogP) is 1.83. The highest BCUT2D eigenvalue weighted by Gasteiger charge is 2.06. The Morgan fingerprint density at radius 1 is 1.18 bits per heavy atom. The van der Waals surface area contributed by atoms with Crippen molar-refractivity contribution >= 4 is 11.6 Å². The predicted molar refractivity (Wildman–Crippen MR) is 64.6 cm³/mol. The molecule has 4 nitrogen and oxygen atoms in total. The number of carbonyl (C=O) groups is 1. The Kier molecular flexibility index (Phi) is 3.47. The van der Waals surface area contributed by atoms with Crippen molar-refractivity contribution in [2.45, 2.75) is 6.61 Å². The van der Waals surface area contributed by atoms with Gasteiger partial charge >= 0.3 is 0 Å². The summed E-state index contributed by atoms with van der Waals surface area (Å²) in [5, 5.41) is 11.6. The van der Waals surface area contributed by atoms with E-state index in [1.807, 2.05) is 18.2 Å². The monoisotopic (exact) mass is 228 g/mol. The van der Waals surface area contributed by atoms with Crippen molar-refractivity contribution in [2.75, 3.05) is 5.32 Å². The molecule has 0 bridgehead atoms. The van der Waals surface area contributed by atoms with Crippen LogP contribution in [0, 0.1) is 0 Å². The maximum Gasteiger partial charge on any atom is 0.274 e. The van der Waals surface area contributed by atoms with Gasteiger partial charge in [-0.2, -0.15) is 0 Å². The molecule has 0 fully saturated rings. The highest BCUT2D eigenvalue weighted by Crippen LogP contribution is 2.07. The first-order valence-corrected chi connectivity index (χ1v) is 5.22. The normalized spacial score (nSPS) is 9.94. The molecule has 4 heteroatoms. The second kappa shape index (κ2) is 5.23. The molecule has 0 radical (unpaired) electrons. The van der Waals surface area contributed by atoms with E-state index in [1.165, 1.54) is 6.20 Å². The molecule has 0 saturated heterocycles. The number of amides is 1. The largest absolute Gasteiger partial charge is 0.392 e. The van der Waals surface area contributed by atoms with Crippen molar-refractivity contribution in [1.29, 1.82) is 0 Å². The van der Waals surface area contributed by atoms with Gasteiger partial charge in [0.2, 0.25) is 0 Å². The van der Waals surface area contributed by atoms with Crippen LogP contribution in [0.3, 0.4) is 0 Å². The summed E-state index contributed by atoms with van der Waals surface area (Å²) < 4.78 is 0. The minimum absolute atomic E-state index is 0.0758. The third kappa shape index (κ3) is 2.89. The van der Waals surface area contributed by atoms with Crippen molar-refractivity contribution in [3.05, 3.63) is 59.9 Å². The Morgan fingerprint density at radius 2 is 1.94 bits per heavy atom. The standard InChI is InChI=1S/C13H12N2O2/c16-9-10-6-7-12(14-8-10)13(17)15-11-4-2-1-3-5-11/h1-8,16H,9H2,(H,15,17). The van der Waals surface area contributed by atoms with Crippen molar-refractivity contribution in [3.8, 4) is 0 Å². The Labute approximate surface area is 98.9 Å². The molecule has 0 aliphatic carbocycles. The van der Waals surface area contributed by atoms with Gasteiger partial charge in [-0.05, 0) is 23.8 Å². The molecule has 2 N–H and O–H groups in total. The van der Waals surface area contributed by atoms with Crippen LogP contribution >= 0.6 is 0 Å². The first kappa shape index (κ1) is 11.3.